The lowest BCUT2D eigenvalue weighted by molar-refractivity contribution is -0.0948. The molecule has 0 spiro atoms. The van der Waals surface area contributed by atoms with Gasteiger partial charge in [-0.3, -0.25) is 0 Å². The SMILES string of the molecule is CC1c2cc(OCc3ccccc3)ccc2O[C@@](C)(CO)[C@H]1O. The van der Waals surface area contributed by atoms with E-state index in [-0.39, 0.29) is 12.5 Å². The van der Waals surface area contributed by atoms with Crippen molar-refractivity contribution in [1.29, 1.82) is 0 Å². The zero-order valence-electron chi connectivity index (χ0n) is 13.4. The standard InChI is InChI=1S/C19H22O4/c1-13-16-10-15(22-11-14-6-4-3-5-7-14)8-9-17(16)23-19(2,12-20)18(13)21/h3-10,13,18,20-21H,11-12H2,1-2H3/t13?,18-,19-/m0/s1. The lowest BCUT2D eigenvalue weighted by atomic mass is 9.82. The summed E-state index contributed by atoms with van der Waals surface area (Å²) >= 11 is 0. The number of hydrogen-bond donors (Lipinski definition) is 2. The Kier molecular flexibility index (Phi) is 4.28. The molecule has 3 atom stereocenters. The largest absolute Gasteiger partial charge is 0.489 e. The Morgan fingerprint density at radius 1 is 1.17 bits per heavy atom. The summed E-state index contributed by atoms with van der Waals surface area (Å²) in [6.45, 7) is 3.91. The van der Waals surface area contributed by atoms with Crippen LogP contribution in [-0.4, -0.2) is 28.5 Å². The van der Waals surface area contributed by atoms with Crippen molar-refractivity contribution in [3.63, 3.8) is 0 Å². The molecule has 0 aromatic heterocycles. The molecule has 1 aliphatic rings. The van der Waals surface area contributed by atoms with Crippen molar-refractivity contribution in [2.45, 2.75) is 38.1 Å². The molecular weight excluding hydrogens is 292 g/mol. The maximum Gasteiger partial charge on any atom is 0.155 e. The predicted molar refractivity (Wildman–Crippen MR) is 87.8 cm³/mol. The molecule has 0 saturated heterocycles. The fourth-order valence-corrected chi connectivity index (χ4v) is 2.94. The van der Waals surface area contributed by atoms with Gasteiger partial charge in [0.2, 0.25) is 0 Å². The average Bonchev–Trinajstić information content (AvgIpc) is 2.59. The second kappa shape index (κ2) is 6.22. The van der Waals surface area contributed by atoms with Gasteiger partial charge in [0.05, 0.1) is 6.61 Å². The van der Waals surface area contributed by atoms with Crippen molar-refractivity contribution in [3.8, 4) is 11.5 Å². The molecule has 2 aromatic carbocycles. The molecule has 2 aromatic rings. The molecule has 4 nitrogen and oxygen atoms in total. The number of rotatable bonds is 4. The van der Waals surface area contributed by atoms with Crippen molar-refractivity contribution in [2.75, 3.05) is 6.61 Å². The van der Waals surface area contributed by atoms with E-state index in [1.807, 2.05) is 55.5 Å². The molecular formula is C19H22O4. The van der Waals surface area contributed by atoms with Gasteiger partial charge in [0.15, 0.2) is 5.60 Å². The number of benzene rings is 2. The van der Waals surface area contributed by atoms with Crippen LogP contribution in [0.25, 0.3) is 0 Å². The maximum absolute atomic E-state index is 10.4. The molecule has 0 saturated carbocycles. The first-order valence-electron chi connectivity index (χ1n) is 7.82. The second-order valence-electron chi connectivity index (χ2n) is 6.28. The van der Waals surface area contributed by atoms with E-state index in [0.29, 0.717) is 12.4 Å². The van der Waals surface area contributed by atoms with E-state index in [1.54, 1.807) is 6.92 Å². The second-order valence-corrected chi connectivity index (χ2v) is 6.28. The molecule has 1 heterocycles. The van der Waals surface area contributed by atoms with Crippen molar-refractivity contribution in [2.24, 2.45) is 0 Å². The Labute approximate surface area is 136 Å². The highest BCUT2D eigenvalue weighted by molar-refractivity contribution is 5.45. The van der Waals surface area contributed by atoms with Crippen molar-refractivity contribution >= 4 is 0 Å². The van der Waals surface area contributed by atoms with Crippen LogP contribution in [0.2, 0.25) is 0 Å². The Morgan fingerprint density at radius 2 is 1.91 bits per heavy atom. The highest BCUT2D eigenvalue weighted by Crippen LogP contribution is 2.42. The van der Waals surface area contributed by atoms with Crippen LogP contribution in [0.4, 0.5) is 0 Å². The van der Waals surface area contributed by atoms with Gasteiger partial charge in [-0.2, -0.15) is 0 Å². The lowest BCUT2D eigenvalue weighted by Gasteiger charge is -2.42. The average molecular weight is 314 g/mol. The maximum atomic E-state index is 10.4. The molecule has 122 valence electrons. The molecule has 1 unspecified atom stereocenters. The predicted octanol–water partition coefficient (Wildman–Crippen LogP) is 2.87. The summed E-state index contributed by atoms with van der Waals surface area (Å²) in [6.07, 6.45) is -0.774. The van der Waals surface area contributed by atoms with Crippen LogP contribution in [0.3, 0.4) is 0 Å². The van der Waals surface area contributed by atoms with Crippen LogP contribution in [0.5, 0.6) is 11.5 Å². The quantitative estimate of drug-likeness (QED) is 0.911. The molecule has 1 aliphatic heterocycles. The fraction of sp³-hybridized carbons (Fsp3) is 0.368. The molecule has 3 rings (SSSR count). The van der Waals surface area contributed by atoms with Crippen molar-refractivity contribution in [1.82, 2.24) is 0 Å². The molecule has 0 fully saturated rings. The monoisotopic (exact) mass is 314 g/mol. The zero-order valence-corrected chi connectivity index (χ0v) is 13.4. The van der Waals surface area contributed by atoms with Crippen LogP contribution in [0.1, 0.15) is 30.9 Å². The summed E-state index contributed by atoms with van der Waals surface area (Å²) in [5.41, 5.74) is 1.02. The van der Waals surface area contributed by atoms with Crippen LogP contribution in [0.15, 0.2) is 48.5 Å². The summed E-state index contributed by atoms with van der Waals surface area (Å²) in [4.78, 5) is 0. The first kappa shape index (κ1) is 15.8. The number of aliphatic hydroxyl groups is 2. The third-order valence-electron chi connectivity index (χ3n) is 4.48. The topological polar surface area (TPSA) is 58.9 Å². The molecule has 0 bridgehead atoms. The van der Waals surface area contributed by atoms with Gasteiger partial charge in [-0.05, 0) is 30.7 Å². The Balaban J connectivity index is 1.80. The summed E-state index contributed by atoms with van der Waals surface area (Å²) in [6, 6.07) is 15.6. The molecule has 2 N–H and O–H groups in total. The minimum absolute atomic E-state index is 0.142. The number of ether oxygens (including phenoxy) is 2. The normalized spacial score (nSPS) is 26.3. The summed E-state index contributed by atoms with van der Waals surface area (Å²) in [5.74, 6) is 1.28. The van der Waals surface area contributed by atoms with Gasteiger partial charge in [-0.1, -0.05) is 37.3 Å². The highest BCUT2D eigenvalue weighted by Gasteiger charge is 2.43. The summed E-state index contributed by atoms with van der Waals surface area (Å²) in [7, 11) is 0. The third kappa shape index (κ3) is 3.05. The molecule has 23 heavy (non-hydrogen) atoms. The smallest absolute Gasteiger partial charge is 0.155 e. The van der Waals surface area contributed by atoms with E-state index in [4.69, 9.17) is 9.47 Å². The van der Waals surface area contributed by atoms with Crippen molar-refractivity contribution < 1.29 is 19.7 Å². The Morgan fingerprint density at radius 3 is 2.61 bits per heavy atom. The van der Waals surface area contributed by atoms with E-state index in [1.165, 1.54) is 0 Å². The minimum Gasteiger partial charge on any atom is -0.489 e. The molecule has 0 amide bonds. The summed E-state index contributed by atoms with van der Waals surface area (Å²) < 4.78 is 11.6. The van der Waals surface area contributed by atoms with E-state index >= 15 is 0 Å². The number of fused-ring (bicyclic) bond motifs is 1. The lowest BCUT2D eigenvalue weighted by Crippen LogP contribution is -2.53. The van der Waals surface area contributed by atoms with Crippen molar-refractivity contribution in [3.05, 3.63) is 59.7 Å². The van der Waals surface area contributed by atoms with Gasteiger partial charge < -0.3 is 19.7 Å². The van der Waals surface area contributed by atoms with Gasteiger partial charge >= 0.3 is 0 Å². The van der Waals surface area contributed by atoms with Gasteiger partial charge in [0.25, 0.3) is 0 Å². The minimum atomic E-state index is -0.973. The Hall–Kier alpha value is -2.04. The molecule has 0 radical (unpaired) electrons. The Bertz CT molecular complexity index is 670. The summed E-state index contributed by atoms with van der Waals surface area (Å²) in [5, 5.41) is 19.9. The zero-order chi connectivity index (χ0) is 16.4. The number of aliphatic hydroxyl groups excluding tert-OH is 2. The van der Waals surface area contributed by atoms with Crippen LogP contribution in [0, 0.1) is 0 Å². The highest BCUT2D eigenvalue weighted by atomic mass is 16.5. The van der Waals surface area contributed by atoms with Gasteiger partial charge in [0.1, 0.15) is 24.2 Å². The molecule has 4 heteroatoms. The fourth-order valence-electron chi connectivity index (χ4n) is 2.94. The number of hydrogen-bond acceptors (Lipinski definition) is 4. The first-order chi connectivity index (χ1) is 11.0. The van der Waals surface area contributed by atoms with Crippen LogP contribution < -0.4 is 9.47 Å². The van der Waals surface area contributed by atoms with Gasteiger partial charge in [-0.25, -0.2) is 0 Å². The van der Waals surface area contributed by atoms with Gasteiger partial charge in [-0.15, -0.1) is 0 Å². The van der Waals surface area contributed by atoms with E-state index in [2.05, 4.69) is 0 Å². The van der Waals surface area contributed by atoms with Crippen LogP contribution >= 0.6 is 0 Å². The van der Waals surface area contributed by atoms with E-state index < -0.39 is 11.7 Å². The van der Waals surface area contributed by atoms with Crippen LogP contribution in [-0.2, 0) is 6.61 Å². The molecule has 0 aliphatic carbocycles. The van der Waals surface area contributed by atoms with E-state index in [9.17, 15) is 10.2 Å². The van der Waals surface area contributed by atoms with E-state index in [0.717, 1.165) is 16.9 Å². The van der Waals surface area contributed by atoms with Gasteiger partial charge in [0, 0.05) is 11.5 Å². The first-order valence-corrected chi connectivity index (χ1v) is 7.82. The third-order valence-corrected chi connectivity index (χ3v) is 4.48.